The van der Waals surface area contributed by atoms with Crippen molar-refractivity contribution in [2.45, 2.75) is 25.0 Å². The molecule has 1 unspecified atom stereocenters. The summed E-state index contributed by atoms with van der Waals surface area (Å²) in [5, 5.41) is 0.644. The number of thiazole rings is 1. The molecule has 102 valence electrons. The minimum Gasteiger partial charge on any atom is -0.384 e. The number of hydrogen-bond acceptors (Lipinski definition) is 6. The summed E-state index contributed by atoms with van der Waals surface area (Å²) < 4.78 is 30.9. The standard InChI is InChI=1S/C10H16N2O4S2/c1-6(5-16-4)9(13)12-18(14,15)10-7(2)11-8(3)17-10/h6H,5H2,1-4H3,(H,12,13). The van der Waals surface area contributed by atoms with Gasteiger partial charge in [-0.15, -0.1) is 11.3 Å². The fraction of sp³-hybridized carbons (Fsp3) is 0.600. The van der Waals surface area contributed by atoms with Crippen LogP contribution in [0.4, 0.5) is 0 Å². The van der Waals surface area contributed by atoms with Gasteiger partial charge in [-0.3, -0.25) is 4.79 Å². The van der Waals surface area contributed by atoms with Crippen LogP contribution in [-0.4, -0.2) is 33.0 Å². The number of nitrogens with zero attached hydrogens (tertiary/aromatic N) is 1. The van der Waals surface area contributed by atoms with Crippen LogP contribution < -0.4 is 4.72 Å². The highest BCUT2D eigenvalue weighted by Gasteiger charge is 2.25. The van der Waals surface area contributed by atoms with Crippen LogP contribution in [0.1, 0.15) is 17.6 Å². The molecule has 1 rings (SSSR count). The fourth-order valence-electron chi connectivity index (χ4n) is 1.37. The Labute approximate surface area is 110 Å². The Morgan fingerprint density at radius 2 is 2.11 bits per heavy atom. The number of nitrogens with one attached hydrogen (secondary N) is 1. The third-order valence-electron chi connectivity index (χ3n) is 2.20. The Bertz CT molecular complexity index is 536. The number of amides is 1. The van der Waals surface area contributed by atoms with E-state index in [0.717, 1.165) is 11.3 Å². The monoisotopic (exact) mass is 292 g/mol. The van der Waals surface area contributed by atoms with Crippen LogP contribution in [0.5, 0.6) is 0 Å². The summed E-state index contributed by atoms with van der Waals surface area (Å²) in [6, 6.07) is 0. The number of hydrogen-bond donors (Lipinski definition) is 1. The van der Waals surface area contributed by atoms with Crippen LogP contribution in [-0.2, 0) is 19.6 Å². The second-order valence-corrected chi connectivity index (χ2v) is 7.01. The van der Waals surface area contributed by atoms with Gasteiger partial charge in [-0.25, -0.2) is 18.1 Å². The highest BCUT2D eigenvalue weighted by molar-refractivity contribution is 7.92. The smallest absolute Gasteiger partial charge is 0.275 e. The highest BCUT2D eigenvalue weighted by atomic mass is 32.2. The molecule has 1 heterocycles. The van der Waals surface area contributed by atoms with Crippen molar-refractivity contribution in [3.8, 4) is 0 Å². The first-order chi connectivity index (χ1) is 8.27. The number of carbonyl (C=O) groups excluding carboxylic acids is 1. The van der Waals surface area contributed by atoms with E-state index in [1.54, 1.807) is 20.8 Å². The minimum absolute atomic E-state index is 0.0815. The molecule has 1 atom stereocenters. The van der Waals surface area contributed by atoms with E-state index in [9.17, 15) is 13.2 Å². The molecule has 0 aromatic carbocycles. The van der Waals surface area contributed by atoms with Crippen molar-refractivity contribution < 1.29 is 17.9 Å². The van der Waals surface area contributed by atoms with Crippen molar-refractivity contribution in [1.29, 1.82) is 0 Å². The Morgan fingerprint density at radius 3 is 2.56 bits per heavy atom. The molecule has 0 spiro atoms. The number of sulfonamides is 1. The molecule has 1 aromatic heterocycles. The average Bonchev–Trinajstić information content (AvgIpc) is 2.58. The van der Waals surface area contributed by atoms with Crippen molar-refractivity contribution in [3.05, 3.63) is 10.7 Å². The number of aromatic nitrogens is 1. The van der Waals surface area contributed by atoms with Gasteiger partial charge in [-0.1, -0.05) is 6.92 Å². The van der Waals surface area contributed by atoms with E-state index < -0.39 is 21.8 Å². The second kappa shape index (κ2) is 5.77. The summed E-state index contributed by atoms with van der Waals surface area (Å²) >= 11 is 1.04. The molecule has 1 amide bonds. The van der Waals surface area contributed by atoms with Crippen molar-refractivity contribution >= 4 is 27.3 Å². The van der Waals surface area contributed by atoms with Crippen LogP contribution in [0, 0.1) is 19.8 Å². The highest BCUT2D eigenvalue weighted by Crippen LogP contribution is 2.22. The maximum Gasteiger partial charge on any atom is 0.275 e. The molecule has 18 heavy (non-hydrogen) atoms. The van der Waals surface area contributed by atoms with Gasteiger partial charge in [0.2, 0.25) is 5.91 Å². The van der Waals surface area contributed by atoms with Crippen LogP contribution in [0.15, 0.2) is 4.21 Å². The number of aryl methyl sites for hydroxylation is 2. The van der Waals surface area contributed by atoms with Crippen molar-refractivity contribution in [2.75, 3.05) is 13.7 Å². The molecule has 1 aromatic rings. The van der Waals surface area contributed by atoms with Gasteiger partial charge in [-0.05, 0) is 13.8 Å². The molecule has 0 radical (unpaired) electrons. The van der Waals surface area contributed by atoms with Gasteiger partial charge >= 0.3 is 0 Å². The zero-order valence-corrected chi connectivity index (χ0v) is 12.3. The zero-order valence-electron chi connectivity index (χ0n) is 10.7. The lowest BCUT2D eigenvalue weighted by Crippen LogP contribution is -2.36. The number of carbonyl (C=O) groups is 1. The number of methoxy groups -OCH3 is 1. The van der Waals surface area contributed by atoms with E-state index >= 15 is 0 Å². The molecule has 1 N–H and O–H groups in total. The van der Waals surface area contributed by atoms with Crippen molar-refractivity contribution in [2.24, 2.45) is 5.92 Å². The van der Waals surface area contributed by atoms with Crippen LogP contribution in [0.2, 0.25) is 0 Å². The molecule has 0 saturated carbocycles. The lowest BCUT2D eigenvalue weighted by atomic mass is 10.2. The Hall–Kier alpha value is -0.990. The first-order valence-electron chi connectivity index (χ1n) is 5.27. The molecule has 8 heteroatoms. The van der Waals surface area contributed by atoms with E-state index in [2.05, 4.69) is 4.98 Å². The van der Waals surface area contributed by atoms with Crippen molar-refractivity contribution in [1.82, 2.24) is 9.71 Å². The normalized spacial score (nSPS) is 13.3. The van der Waals surface area contributed by atoms with Crippen LogP contribution >= 0.6 is 11.3 Å². The summed E-state index contributed by atoms with van der Waals surface area (Å²) in [6.45, 7) is 5.08. The molecule has 0 fully saturated rings. The summed E-state index contributed by atoms with van der Waals surface area (Å²) in [6.07, 6.45) is 0. The zero-order chi connectivity index (χ0) is 13.9. The lowest BCUT2D eigenvalue weighted by molar-refractivity contribution is -0.124. The summed E-state index contributed by atoms with van der Waals surface area (Å²) in [4.78, 5) is 15.7. The third kappa shape index (κ3) is 3.50. The van der Waals surface area contributed by atoms with Gasteiger partial charge in [0.15, 0.2) is 4.21 Å². The minimum atomic E-state index is -3.83. The molecule has 0 aliphatic rings. The Balaban J connectivity index is 2.89. The molecule has 0 aliphatic carbocycles. The molecular formula is C10H16N2O4S2. The largest absolute Gasteiger partial charge is 0.384 e. The van der Waals surface area contributed by atoms with E-state index in [-0.39, 0.29) is 10.8 Å². The topological polar surface area (TPSA) is 85.4 Å². The molecule has 0 bridgehead atoms. The van der Waals surface area contributed by atoms with Crippen molar-refractivity contribution in [3.63, 3.8) is 0 Å². The molecule has 6 nitrogen and oxygen atoms in total. The van der Waals surface area contributed by atoms with Gasteiger partial charge < -0.3 is 4.74 Å². The lowest BCUT2D eigenvalue weighted by Gasteiger charge is -2.10. The fourth-order valence-corrected chi connectivity index (χ4v) is 3.93. The number of ether oxygens (including phenoxy) is 1. The van der Waals surface area contributed by atoms with Crippen LogP contribution in [0.25, 0.3) is 0 Å². The molecule has 0 aliphatic heterocycles. The van der Waals surface area contributed by atoms with E-state index in [0.29, 0.717) is 10.7 Å². The summed E-state index contributed by atoms with van der Waals surface area (Å²) in [5.74, 6) is -1.11. The van der Waals surface area contributed by atoms with Gasteiger partial charge in [0, 0.05) is 7.11 Å². The predicted molar refractivity (Wildman–Crippen MR) is 68.0 cm³/mol. The van der Waals surface area contributed by atoms with Gasteiger partial charge in [0.25, 0.3) is 10.0 Å². The van der Waals surface area contributed by atoms with Crippen LogP contribution in [0.3, 0.4) is 0 Å². The molecule has 0 saturated heterocycles. The van der Waals surface area contributed by atoms with E-state index in [1.807, 2.05) is 4.72 Å². The predicted octanol–water partition coefficient (Wildman–Crippen LogP) is 0.847. The summed E-state index contributed by atoms with van der Waals surface area (Å²) in [7, 11) is -2.38. The van der Waals surface area contributed by atoms with Gasteiger partial charge in [-0.2, -0.15) is 0 Å². The first-order valence-corrected chi connectivity index (χ1v) is 7.57. The van der Waals surface area contributed by atoms with Gasteiger partial charge in [0.1, 0.15) is 0 Å². The van der Waals surface area contributed by atoms with E-state index in [1.165, 1.54) is 7.11 Å². The quantitative estimate of drug-likeness (QED) is 0.869. The number of rotatable bonds is 5. The van der Waals surface area contributed by atoms with Gasteiger partial charge in [0.05, 0.1) is 23.2 Å². The summed E-state index contributed by atoms with van der Waals surface area (Å²) in [5.41, 5.74) is 0.400. The average molecular weight is 292 g/mol. The second-order valence-electron chi connectivity index (χ2n) is 3.93. The van der Waals surface area contributed by atoms with E-state index in [4.69, 9.17) is 4.74 Å². The maximum absolute atomic E-state index is 12.0. The molecular weight excluding hydrogens is 276 g/mol. The Morgan fingerprint density at radius 1 is 1.50 bits per heavy atom. The first kappa shape index (κ1) is 15.1. The SMILES string of the molecule is COCC(C)C(=O)NS(=O)(=O)c1sc(C)nc1C. The Kier molecular flexibility index (Phi) is 4.83. The maximum atomic E-state index is 12.0. The third-order valence-corrected chi connectivity index (χ3v) is 5.23.